The number of carbonyl (C=O) groups excluding carboxylic acids is 1. The van der Waals surface area contributed by atoms with Crippen molar-refractivity contribution in [3.8, 4) is 0 Å². The topological polar surface area (TPSA) is 64.3 Å². The molecule has 1 rings (SSSR count). The zero-order valence-corrected chi connectivity index (χ0v) is 6.30. The standard InChI is InChI=1S/C6H10F2N2O2/c7-5(8)4-3(1-2-12-4)6(11)10-9/h3-5H,1-2,9H2,(H,10,11)/t3-,4+/m1/s1. The third kappa shape index (κ3) is 1.70. The van der Waals surface area contributed by atoms with Gasteiger partial charge in [0, 0.05) is 6.61 Å². The van der Waals surface area contributed by atoms with Gasteiger partial charge in [0.1, 0.15) is 6.10 Å². The van der Waals surface area contributed by atoms with Gasteiger partial charge in [-0.15, -0.1) is 0 Å². The molecule has 1 heterocycles. The second kappa shape index (κ2) is 3.77. The summed E-state index contributed by atoms with van der Waals surface area (Å²) in [6.07, 6.45) is -3.62. The summed E-state index contributed by atoms with van der Waals surface area (Å²) in [4.78, 5) is 10.9. The Morgan fingerprint density at radius 2 is 2.33 bits per heavy atom. The largest absolute Gasteiger partial charge is 0.371 e. The molecule has 2 atom stereocenters. The van der Waals surface area contributed by atoms with Crippen molar-refractivity contribution < 1.29 is 18.3 Å². The van der Waals surface area contributed by atoms with E-state index in [1.165, 1.54) is 0 Å². The number of halogens is 2. The van der Waals surface area contributed by atoms with Crippen molar-refractivity contribution in [1.82, 2.24) is 5.43 Å². The number of carbonyl (C=O) groups is 1. The van der Waals surface area contributed by atoms with Gasteiger partial charge in [0.05, 0.1) is 5.92 Å². The normalized spacial score (nSPS) is 29.3. The highest BCUT2D eigenvalue weighted by Crippen LogP contribution is 2.25. The minimum Gasteiger partial charge on any atom is -0.371 e. The molecular formula is C6H10F2N2O2. The summed E-state index contributed by atoms with van der Waals surface area (Å²) in [5.41, 5.74) is 1.84. The van der Waals surface area contributed by atoms with Crippen LogP contribution in [-0.2, 0) is 9.53 Å². The number of nitrogens with one attached hydrogen (secondary N) is 1. The Morgan fingerprint density at radius 1 is 1.67 bits per heavy atom. The molecule has 6 heteroatoms. The number of nitrogens with two attached hydrogens (primary N) is 1. The minimum atomic E-state index is -2.63. The van der Waals surface area contributed by atoms with Gasteiger partial charge in [-0.1, -0.05) is 0 Å². The van der Waals surface area contributed by atoms with Gasteiger partial charge in [0.25, 0.3) is 6.43 Å². The molecule has 0 spiro atoms. The van der Waals surface area contributed by atoms with Crippen LogP contribution >= 0.6 is 0 Å². The highest BCUT2D eigenvalue weighted by molar-refractivity contribution is 5.78. The molecule has 4 nitrogen and oxygen atoms in total. The van der Waals surface area contributed by atoms with Crippen molar-refractivity contribution in [2.45, 2.75) is 19.0 Å². The molecule has 1 saturated heterocycles. The van der Waals surface area contributed by atoms with Crippen molar-refractivity contribution in [3.05, 3.63) is 0 Å². The summed E-state index contributed by atoms with van der Waals surface area (Å²) in [5.74, 6) is 3.42. The van der Waals surface area contributed by atoms with E-state index in [0.717, 1.165) is 0 Å². The van der Waals surface area contributed by atoms with Crippen LogP contribution in [0.15, 0.2) is 0 Å². The third-order valence-electron chi connectivity index (χ3n) is 1.86. The van der Waals surface area contributed by atoms with Crippen LogP contribution in [0.2, 0.25) is 0 Å². The van der Waals surface area contributed by atoms with E-state index in [1.807, 2.05) is 5.43 Å². The molecule has 0 aromatic rings. The van der Waals surface area contributed by atoms with Gasteiger partial charge >= 0.3 is 0 Å². The highest BCUT2D eigenvalue weighted by Gasteiger charge is 2.39. The van der Waals surface area contributed by atoms with Crippen LogP contribution in [-0.4, -0.2) is 25.0 Å². The quantitative estimate of drug-likeness (QED) is 0.346. The Morgan fingerprint density at radius 3 is 2.83 bits per heavy atom. The molecule has 3 N–H and O–H groups in total. The van der Waals surface area contributed by atoms with Gasteiger partial charge in [-0.3, -0.25) is 10.2 Å². The van der Waals surface area contributed by atoms with E-state index in [1.54, 1.807) is 0 Å². The monoisotopic (exact) mass is 180 g/mol. The smallest absolute Gasteiger partial charge is 0.265 e. The second-order valence-electron chi connectivity index (χ2n) is 2.57. The molecule has 0 aromatic heterocycles. The number of hydrazine groups is 1. The van der Waals surface area contributed by atoms with E-state index in [4.69, 9.17) is 5.84 Å². The van der Waals surface area contributed by atoms with Crippen LogP contribution in [0.4, 0.5) is 8.78 Å². The Labute approximate surface area is 68.0 Å². The van der Waals surface area contributed by atoms with Crippen molar-refractivity contribution in [2.75, 3.05) is 6.61 Å². The lowest BCUT2D eigenvalue weighted by Crippen LogP contribution is -2.41. The molecule has 0 bridgehead atoms. The fourth-order valence-electron chi connectivity index (χ4n) is 1.25. The first-order valence-corrected chi connectivity index (χ1v) is 3.57. The SMILES string of the molecule is NNC(=O)[C@@H]1CCO[C@@H]1C(F)F. The fraction of sp³-hybridized carbons (Fsp3) is 0.833. The van der Waals surface area contributed by atoms with E-state index < -0.39 is 24.4 Å². The van der Waals surface area contributed by atoms with E-state index in [0.29, 0.717) is 6.42 Å². The maximum Gasteiger partial charge on any atom is 0.265 e. The minimum absolute atomic E-state index is 0.188. The van der Waals surface area contributed by atoms with Crippen LogP contribution in [0.25, 0.3) is 0 Å². The Bertz CT molecular complexity index is 177. The first-order chi connectivity index (χ1) is 5.66. The molecule has 1 aliphatic heterocycles. The lowest BCUT2D eigenvalue weighted by Gasteiger charge is -2.15. The number of ether oxygens (including phenoxy) is 1. The summed E-state index contributed by atoms with van der Waals surface area (Å²) in [7, 11) is 0. The molecule has 0 unspecified atom stereocenters. The first kappa shape index (κ1) is 9.34. The van der Waals surface area contributed by atoms with E-state index >= 15 is 0 Å². The number of amides is 1. The zero-order valence-electron chi connectivity index (χ0n) is 6.30. The summed E-state index contributed by atoms with van der Waals surface area (Å²) in [6.45, 7) is 0.188. The fourth-order valence-corrected chi connectivity index (χ4v) is 1.25. The van der Waals surface area contributed by atoms with Gasteiger partial charge in [0.15, 0.2) is 0 Å². The number of rotatable bonds is 2. The molecular weight excluding hydrogens is 170 g/mol. The van der Waals surface area contributed by atoms with Crippen molar-refractivity contribution in [3.63, 3.8) is 0 Å². The molecule has 12 heavy (non-hydrogen) atoms. The van der Waals surface area contributed by atoms with Crippen LogP contribution in [0.3, 0.4) is 0 Å². The Balaban J connectivity index is 2.57. The average molecular weight is 180 g/mol. The summed E-state index contributed by atoms with van der Waals surface area (Å²) in [5, 5.41) is 0. The molecule has 0 saturated carbocycles. The third-order valence-corrected chi connectivity index (χ3v) is 1.86. The van der Waals surface area contributed by atoms with E-state index in [2.05, 4.69) is 4.74 Å². The molecule has 1 aliphatic rings. The molecule has 0 aliphatic carbocycles. The summed E-state index contributed by atoms with van der Waals surface area (Å²) < 4.78 is 29.0. The van der Waals surface area contributed by atoms with Crippen LogP contribution in [0, 0.1) is 5.92 Å². The first-order valence-electron chi connectivity index (χ1n) is 3.57. The van der Waals surface area contributed by atoms with Gasteiger partial charge in [0.2, 0.25) is 5.91 Å². The Kier molecular flexibility index (Phi) is 2.93. The van der Waals surface area contributed by atoms with Crippen LogP contribution in [0.1, 0.15) is 6.42 Å². The van der Waals surface area contributed by atoms with E-state index in [9.17, 15) is 13.6 Å². The molecule has 1 fully saturated rings. The summed E-state index contributed by atoms with van der Waals surface area (Å²) >= 11 is 0. The molecule has 0 aromatic carbocycles. The van der Waals surface area contributed by atoms with Crippen molar-refractivity contribution in [1.29, 1.82) is 0 Å². The maximum absolute atomic E-state index is 12.1. The number of hydrogen-bond donors (Lipinski definition) is 2. The molecule has 70 valence electrons. The summed E-state index contributed by atoms with van der Waals surface area (Å²) in [6, 6.07) is 0. The Hall–Kier alpha value is -0.750. The van der Waals surface area contributed by atoms with Gasteiger partial charge in [-0.2, -0.15) is 0 Å². The van der Waals surface area contributed by atoms with Crippen molar-refractivity contribution >= 4 is 5.91 Å². The second-order valence-corrected chi connectivity index (χ2v) is 2.57. The van der Waals surface area contributed by atoms with Gasteiger partial charge in [-0.05, 0) is 6.42 Å². The lowest BCUT2D eigenvalue weighted by atomic mass is 10.0. The van der Waals surface area contributed by atoms with Gasteiger partial charge < -0.3 is 4.74 Å². The zero-order chi connectivity index (χ0) is 9.14. The number of alkyl halides is 2. The average Bonchev–Trinajstić information content (AvgIpc) is 2.50. The van der Waals surface area contributed by atoms with Crippen molar-refractivity contribution in [2.24, 2.45) is 11.8 Å². The van der Waals surface area contributed by atoms with Crippen LogP contribution < -0.4 is 11.3 Å². The maximum atomic E-state index is 12.1. The van der Waals surface area contributed by atoms with E-state index in [-0.39, 0.29) is 6.61 Å². The molecule has 1 amide bonds. The number of hydrogen-bond acceptors (Lipinski definition) is 3. The van der Waals surface area contributed by atoms with Gasteiger partial charge in [-0.25, -0.2) is 14.6 Å². The van der Waals surface area contributed by atoms with Crippen LogP contribution in [0.5, 0.6) is 0 Å². The highest BCUT2D eigenvalue weighted by atomic mass is 19.3. The predicted octanol–water partition coefficient (Wildman–Crippen LogP) is -0.354. The predicted molar refractivity (Wildman–Crippen MR) is 36.2 cm³/mol. The molecule has 0 radical (unpaired) electrons. The lowest BCUT2D eigenvalue weighted by molar-refractivity contribution is -0.130.